The first-order valence-electron chi connectivity index (χ1n) is 8.48. The van der Waals surface area contributed by atoms with E-state index in [2.05, 4.69) is 11.0 Å². The van der Waals surface area contributed by atoms with Crippen LogP contribution < -0.4 is 0 Å². The summed E-state index contributed by atoms with van der Waals surface area (Å²) in [6, 6.07) is 2.23. The zero-order valence-corrected chi connectivity index (χ0v) is 14.3. The molecule has 0 radical (unpaired) electrons. The van der Waals surface area contributed by atoms with Crippen molar-refractivity contribution in [3.05, 3.63) is 0 Å². The second-order valence-electron chi connectivity index (χ2n) is 6.99. The molecule has 0 bridgehead atoms. The Labute approximate surface area is 134 Å². The molecule has 1 heterocycles. The molecular weight excluding hydrogens is 278 g/mol. The monoisotopic (exact) mass is 307 g/mol. The van der Waals surface area contributed by atoms with Gasteiger partial charge in [-0.2, -0.15) is 5.26 Å². The fourth-order valence-electron chi connectivity index (χ4n) is 3.84. The smallest absolute Gasteiger partial charge is 0.240 e. The molecule has 0 aromatic heterocycles. The van der Waals surface area contributed by atoms with Crippen molar-refractivity contribution >= 4 is 5.91 Å². The van der Waals surface area contributed by atoms with Gasteiger partial charge in [-0.25, -0.2) is 0 Å². The Kier molecular flexibility index (Phi) is 5.46. The normalized spacial score (nSPS) is 30.3. The molecule has 0 aromatic carbocycles. The molecule has 2 aliphatic rings. The zero-order chi connectivity index (χ0) is 16.3. The van der Waals surface area contributed by atoms with Crippen molar-refractivity contribution in [1.29, 1.82) is 5.26 Å². The molecule has 1 aliphatic heterocycles. The molecule has 0 spiro atoms. The molecule has 124 valence electrons. The molecule has 5 nitrogen and oxygen atoms in total. The first kappa shape index (κ1) is 17.2. The van der Waals surface area contributed by atoms with Gasteiger partial charge in [0.2, 0.25) is 5.91 Å². The number of morpholine rings is 1. The molecule has 0 aromatic rings. The van der Waals surface area contributed by atoms with E-state index in [1.165, 1.54) is 6.42 Å². The zero-order valence-electron chi connectivity index (χ0n) is 14.3. The number of hydrogen-bond acceptors (Lipinski definition) is 4. The van der Waals surface area contributed by atoms with E-state index in [-0.39, 0.29) is 24.2 Å². The summed E-state index contributed by atoms with van der Waals surface area (Å²) in [6.07, 6.45) is 5.12. The third-order valence-electron chi connectivity index (χ3n) is 5.21. The van der Waals surface area contributed by atoms with E-state index in [0.717, 1.165) is 38.8 Å². The highest BCUT2D eigenvalue weighted by Crippen LogP contribution is 2.33. The Hall–Kier alpha value is -1.12. The van der Waals surface area contributed by atoms with Gasteiger partial charge in [-0.05, 0) is 33.6 Å². The Balaban J connectivity index is 2.07. The largest absolute Gasteiger partial charge is 0.373 e. The van der Waals surface area contributed by atoms with E-state index in [0.29, 0.717) is 0 Å². The van der Waals surface area contributed by atoms with Gasteiger partial charge >= 0.3 is 0 Å². The summed E-state index contributed by atoms with van der Waals surface area (Å²) < 4.78 is 5.75. The number of amides is 1. The molecule has 2 fully saturated rings. The number of nitrogens with zero attached hydrogens (tertiary/aromatic N) is 3. The molecule has 3 atom stereocenters. The number of ether oxygens (including phenoxy) is 1. The van der Waals surface area contributed by atoms with E-state index in [4.69, 9.17) is 4.74 Å². The average Bonchev–Trinajstić information content (AvgIpc) is 2.52. The Morgan fingerprint density at radius 2 is 1.82 bits per heavy atom. The van der Waals surface area contributed by atoms with Crippen molar-refractivity contribution in [3.8, 4) is 6.07 Å². The summed E-state index contributed by atoms with van der Waals surface area (Å²) in [5, 5.41) is 9.66. The predicted molar refractivity (Wildman–Crippen MR) is 85.2 cm³/mol. The lowest BCUT2D eigenvalue weighted by Gasteiger charge is -2.43. The number of nitriles is 1. The number of rotatable bonds is 3. The van der Waals surface area contributed by atoms with E-state index >= 15 is 0 Å². The van der Waals surface area contributed by atoms with Crippen molar-refractivity contribution < 1.29 is 9.53 Å². The standard InChI is InChI=1S/C17H29N3O2/c1-13-10-20(11-14(2)22-13)15(3)16(21)19(4)17(12-18)8-6-5-7-9-17/h13-15H,5-11H2,1-4H3/t13-,14-,15+/m1/s1. The van der Waals surface area contributed by atoms with E-state index in [1.807, 2.05) is 20.8 Å². The van der Waals surface area contributed by atoms with E-state index in [1.54, 1.807) is 11.9 Å². The van der Waals surface area contributed by atoms with Gasteiger partial charge in [0.15, 0.2) is 0 Å². The first-order valence-corrected chi connectivity index (χ1v) is 8.48. The van der Waals surface area contributed by atoms with Crippen LogP contribution in [0.2, 0.25) is 0 Å². The molecule has 1 saturated carbocycles. The van der Waals surface area contributed by atoms with Crippen LogP contribution in [-0.2, 0) is 9.53 Å². The van der Waals surface area contributed by atoms with Crippen LogP contribution in [0.25, 0.3) is 0 Å². The molecule has 0 N–H and O–H groups in total. The molecule has 22 heavy (non-hydrogen) atoms. The van der Waals surface area contributed by atoms with Gasteiger partial charge in [0.1, 0.15) is 5.54 Å². The first-order chi connectivity index (χ1) is 10.4. The number of carbonyl (C=O) groups excluding carboxylic acids is 1. The maximum atomic E-state index is 12.9. The minimum atomic E-state index is -0.604. The van der Waals surface area contributed by atoms with Gasteiger partial charge in [0.25, 0.3) is 0 Å². The number of hydrogen-bond donors (Lipinski definition) is 0. The fourth-order valence-corrected chi connectivity index (χ4v) is 3.84. The predicted octanol–water partition coefficient (Wildman–Crippen LogP) is 2.17. The highest BCUT2D eigenvalue weighted by molar-refractivity contribution is 5.82. The van der Waals surface area contributed by atoms with Crippen molar-refractivity contribution in [1.82, 2.24) is 9.80 Å². The van der Waals surface area contributed by atoms with Crippen LogP contribution in [0.3, 0.4) is 0 Å². The quantitative estimate of drug-likeness (QED) is 0.802. The SMILES string of the molecule is C[C@@H]1CN([C@@H](C)C(=O)N(C)C2(C#N)CCCCC2)C[C@@H](C)O1. The highest BCUT2D eigenvalue weighted by atomic mass is 16.5. The number of likely N-dealkylation sites (N-methyl/N-ethyl adjacent to an activating group) is 1. The van der Waals surface area contributed by atoms with Gasteiger partial charge in [0.05, 0.1) is 24.3 Å². The Bertz CT molecular complexity index is 430. The van der Waals surface area contributed by atoms with Gasteiger partial charge in [-0.3, -0.25) is 9.69 Å². The summed E-state index contributed by atoms with van der Waals surface area (Å²) in [7, 11) is 1.81. The molecule has 0 unspecified atom stereocenters. The summed E-state index contributed by atoms with van der Waals surface area (Å²) in [5.74, 6) is 0.0600. The molecule has 1 saturated heterocycles. The summed E-state index contributed by atoms with van der Waals surface area (Å²) in [6.45, 7) is 7.58. The topological polar surface area (TPSA) is 56.6 Å². The third-order valence-corrected chi connectivity index (χ3v) is 5.21. The fraction of sp³-hybridized carbons (Fsp3) is 0.882. The second-order valence-corrected chi connectivity index (χ2v) is 6.99. The summed E-state index contributed by atoms with van der Waals surface area (Å²) in [5.41, 5.74) is -0.604. The Morgan fingerprint density at radius 3 is 2.32 bits per heavy atom. The van der Waals surface area contributed by atoms with Crippen molar-refractivity contribution in [2.24, 2.45) is 0 Å². The summed E-state index contributed by atoms with van der Waals surface area (Å²) in [4.78, 5) is 16.8. The lowest BCUT2D eigenvalue weighted by molar-refractivity contribution is -0.145. The van der Waals surface area contributed by atoms with Gasteiger partial charge in [-0.15, -0.1) is 0 Å². The minimum absolute atomic E-state index is 0.0600. The molecule has 1 aliphatic carbocycles. The van der Waals surface area contributed by atoms with Crippen LogP contribution in [0.4, 0.5) is 0 Å². The molecule has 5 heteroatoms. The van der Waals surface area contributed by atoms with Crippen molar-refractivity contribution in [2.75, 3.05) is 20.1 Å². The lowest BCUT2D eigenvalue weighted by atomic mass is 9.81. The van der Waals surface area contributed by atoms with Crippen molar-refractivity contribution in [2.45, 2.75) is 76.7 Å². The van der Waals surface area contributed by atoms with Gasteiger partial charge < -0.3 is 9.64 Å². The van der Waals surface area contributed by atoms with Crippen LogP contribution in [-0.4, -0.2) is 59.6 Å². The average molecular weight is 307 g/mol. The second kappa shape index (κ2) is 6.97. The lowest BCUT2D eigenvalue weighted by Crippen LogP contribution is -2.58. The highest BCUT2D eigenvalue weighted by Gasteiger charge is 2.41. The van der Waals surface area contributed by atoms with Crippen LogP contribution in [0, 0.1) is 11.3 Å². The van der Waals surface area contributed by atoms with Crippen LogP contribution in [0.15, 0.2) is 0 Å². The minimum Gasteiger partial charge on any atom is -0.373 e. The van der Waals surface area contributed by atoms with E-state index in [9.17, 15) is 10.1 Å². The van der Waals surface area contributed by atoms with Crippen LogP contribution in [0.1, 0.15) is 52.9 Å². The number of carbonyl (C=O) groups is 1. The van der Waals surface area contributed by atoms with Gasteiger partial charge in [-0.1, -0.05) is 19.3 Å². The van der Waals surface area contributed by atoms with Gasteiger partial charge in [0, 0.05) is 20.1 Å². The third kappa shape index (κ3) is 3.44. The summed E-state index contributed by atoms with van der Waals surface area (Å²) >= 11 is 0. The maximum absolute atomic E-state index is 12.9. The maximum Gasteiger partial charge on any atom is 0.240 e. The van der Waals surface area contributed by atoms with E-state index < -0.39 is 5.54 Å². The molecule has 2 rings (SSSR count). The van der Waals surface area contributed by atoms with Crippen molar-refractivity contribution in [3.63, 3.8) is 0 Å². The Morgan fingerprint density at radius 1 is 1.27 bits per heavy atom. The molecule has 1 amide bonds. The van der Waals surface area contributed by atoms with Crippen LogP contribution >= 0.6 is 0 Å². The molecular formula is C17H29N3O2. The van der Waals surface area contributed by atoms with Crippen LogP contribution in [0.5, 0.6) is 0 Å².